The van der Waals surface area contributed by atoms with Crippen molar-refractivity contribution in [2.75, 3.05) is 30.8 Å². The van der Waals surface area contributed by atoms with Crippen LogP contribution in [0.5, 0.6) is 0 Å². The third-order valence-corrected chi connectivity index (χ3v) is 2.90. The molecule has 0 atom stereocenters. The first-order valence-electron chi connectivity index (χ1n) is 5.45. The minimum atomic E-state index is -0.348. The molecule has 1 saturated heterocycles. The first-order valence-corrected chi connectivity index (χ1v) is 5.45. The zero-order valence-corrected chi connectivity index (χ0v) is 9.40. The maximum atomic E-state index is 11.3. The molecule has 1 aliphatic rings. The number of esters is 1. The SMILES string of the molecule is COC(=O)c1ccc(N2CCCC2)c(N)c1. The summed E-state index contributed by atoms with van der Waals surface area (Å²) in [4.78, 5) is 13.6. The molecule has 2 rings (SSSR count). The highest BCUT2D eigenvalue weighted by Gasteiger charge is 2.16. The lowest BCUT2D eigenvalue weighted by molar-refractivity contribution is 0.0601. The lowest BCUT2D eigenvalue weighted by atomic mass is 10.1. The molecule has 0 amide bonds. The zero-order chi connectivity index (χ0) is 11.5. The molecule has 4 heteroatoms. The molecule has 86 valence electrons. The molecule has 2 N–H and O–H groups in total. The number of rotatable bonds is 2. The highest BCUT2D eigenvalue weighted by atomic mass is 16.5. The van der Waals surface area contributed by atoms with E-state index in [-0.39, 0.29) is 5.97 Å². The fourth-order valence-corrected chi connectivity index (χ4v) is 2.05. The summed E-state index contributed by atoms with van der Waals surface area (Å²) >= 11 is 0. The van der Waals surface area contributed by atoms with Crippen molar-refractivity contribution in [2.45, 2.75) is 12.8 Å². The number of nitrogens with two attached hydrogens (primary N) is 1. The quantitative estimate of drug-likeness (QED) is 0.608. The van der Waals surface area contributed by atoms with Crippen molar-refractivity contribution in [1.29, 1.82) is 0 Å². The van der Waals surface area contributed by atoms with Crippen molar-refractivity contribution in [2.24, 2.45) is 0 Å². The predicted octanol–water partition coefficient (Wildman–Crippen LogP) is 1.66. The van der Waals surface area contributed by atoms with Gasteiger partial charge in [0.1, 0.15) is 0 Å². The minimum absolute atomic E-state index is 0.348. The lowest BCUT2D eigenvalue weighted by Crippen LogP contribution is -2.19. The average molecular weight is 220 g/mol. The Kier molecular flexibility index (Phi) is 2.99. The van der Waals surface area contributed by atoms with Gasteiger partial charge in [0, 0.05) is 13.1 Å². The number of hydrogen-bond acceptors (Lipinski definition) is 4. The summed E-state index contributed by atoms with van der Waals surface area (Å²) < 4.78 is 4.65. The van der Waals surface area contributed by atoms with Gasteiger partial charge in [-0.25, -0.2) is 4.79 Å². The van der Waals surface area contributed by atoms with E-state index >= 15 is 0 Å². The van der Waals surface area contributed by atoms with Crippen LogP contribution in [0, 0.1) is 0 Å². The van der Waals surface area contributed by atoms with Gasteiger partial charge in [-0.15, -0.1) is 0 Å². The third-order valence-electron chi connectivity index (χ3n) is 2.90. The van der Waals surface area contributed by atoms with Crippen molar-refractivity contribution in [3.63, 3.8) is 0 Å². The van der Waals surface area contributed by atoms with Gasteiger partial charge in [-0.2, -0.15) is 0 Å². The number of anilines is 2. The second-order valence-electron chi connectivity index (χ2n) is 3.96. The Labute approximate surface area is 95.0 Å². The fourth-order valence-electron chi connectivity index (χ4n) is 2.05. The highest BCUT2D eigenvalue weighted by Crippen LogP contribution is 2.27. The van der Waals surface area contributed by atoms with Gasteiger partial charge in [-0.3, -0.25) is 0 Å². The van der Waals surface area contributed by atoms with Gasteiger partial charge in [0.2, 0.25) is 0 Å². The topological polar surface area (TPSA) is 55.6 Å². The molecule has 0 aromatic heterocycles. The Hall–Kier alpha value is -1.71. The first kappa shape index (κ1) is 10.8. The molecule has 1 aromatic rings. The molecule has 1 heterocycles. The molecule has 4 nitrogen and oxygen atoms in total. The van der Waals surface area contributed by atoms with Crippen molar-refractivity contribution in [3.05, 3.63) is 23.8 Å². The summed E-state index contributed by atoms with van der Waals surface area (Å²) in [6.07, 6.45) is 2.41. The van der Waals surface area contributed by atoms with Crippen molar-refractivity contribution < 1.29 is 9.53 Å². The summed E-state index contributed by atoms with van der Waals surface area (Å²) in [7, 11) is 1.37. The Morgan fingerprint density at radius 2 is 2.06 bits per heavy atom. The first-order chi connectivity index (χ1) is 7.72. The van der Waals surface area contributed by atoms with E-state index < -0.39 is 0 Å². The zero-order valence-electron chi connectivity index (χ0n) is 9.40. The van der Waals surface area contributed by atoms with Crippen molar-refractivity contribution in [3.8, 4) is 0 Å². The summed E-state index contributed by atoms with van der Waals surface area (Å²) in [5.74, 6) is -0.348. The number of carbonyl (C=O) groups excluding carboxylic acids is 1. The number of hydrogen-bond donors (Lipinski definition) is 1. The molecule has 0 aliphatic carbocycles. The van der Waals surface area contributed by atoms with Gasteiger partial charge in [-0.1, -0.05) is 0 Å². The maximum Gasteiger partial charge on any atom is 0.337 e. The lowest BCUT2D eigenvalue weighted by Gasteiger charge is -2.19. The van der Waals surface area contributed by atoms with Gasteiger partial charge in [0.25, 0.3) is 0 Å². The van der Waals surface area contributed by atoms with Crippen LogP contribution < -0.4 is 10.6 Å². The summed E-state index contributed by atoms with van der Waals surface area (Å²) in [6, 6.07) is 5.34. The molecule has 0 unspecified atom stereocenters. The normalized spacial score (nSPS) is 15.2. The molecule has 0 radical (unpaired) electrons. The number of benzene rings is 1. The largest absolute Gasteiger partial charge is 0.465 e. The van der Waals surface area contributed by atoms with Gasteiger partial charge in [-0.05, 0) is 31.0 Å². The minimum Gasteiger partial charge on any atom is -0.465 e. The highest BCUT2D eigenvalue weighted by molar-refractivity contribution is 5.92. The van der Waals surface area contributed by atoms with Crippen molar-refractivity contribution in [1.82, 2.24) is 0 Å². The fraction of sp³-hybridized carbons (Fsp3) is 0.417. The molecular weight excluding hydrogens is 204 g/mol. The molecular formula is C12H16N2O2. The van der Waals surface area contributed by atoms with E-state index in [1.807, 2.05) is 6.07 Å². The summed E-state index contributed by atoms with van der Waals surface area (Å²) in [6.45, 7) is 2.09. The van der Waals surface area contributed by atoms with Crippen LogP contribution in [0.15, 0.2) is 18.2 Å². The second-order valence-corrected chi connectivity index (χ2v) is 3.96. The van der Waals surface area contributed by atoms with Crippen LogP contribution in [0.25, 0.3) is 0 Å². The molecule has 0 bridgehead atoms. The maximum absolute atomic E-state index is 11.3. The Bertz CT molecular complexity index is 398. The smallest absolute Gasteiger partial charge is 0.337 e. The van der Waals surface area contributed by atoms with Gasteiger partial charge in [0.15, 0.2) is 0 Å². The third kappa shape index (κ3) is 1.96. The number of ether oxygens (including phenoxy) is 1. The van der Waals surface area contributed by atoms with E-state index in [4.69, 9.17) is 5.73 Å². The van der Waals surface area contributed by atoms with Crippen LogP contribution in [0.3, 0.4) is 0 Å². The molecule has 16 heavy (non-hydrogen) atoms. The molecule has 0 saturated carbocycles. The van der Waals surface area contributed by atoms with E-state index in [2.05, 4.69) is 9.64 Å². The van der Waals surface area contributed by atoms with Crippen molar-refractivity contribution >= 4 is 17.3 Å². The average Bonchev–Trinajstić information content (AvgIpc) is 2.81. The number of nitrogens with zero attached hydrogens (tertiary/aromatic N) is 1. The van der Waals surface area contributed by atoms with Gasteiger partial charge < -0.3 is 15.4 Å². The van der Waals surface area contributed by atoms with Crippen LogP contribution in [0.1, 0.15) is 23.2 Å². The number of methoxy groups -OCH3 is 1. The van der Waals surface area contributed by atoms with E-state index in [0.29, 0.717) is 11.3 Å². The van der Waals surface area contributed by atoms with Crippen LogP contribution in [0.2, 0.25) is 0 Å². The van der Waals surface area contributed by atoms with Crippen LogP contribution >= 0.6 is 0 Å². The molecule has 1 fully saturated rings. The predicted molar refractivity (Wildman–Crippen MR) is 63.6 cm³/mol. The molecule has 1 aromatic carbocycles. The second kappa shape index (κ2) is 4.43. The van der Waals surface area contributed by atoms with E-state index in [9.17, 15) is 4.79 Å². The Morgan fingerprint density at radius 1 is 1.38 bits per heavy atom. The summed E-state index contributed by atoms with van der Waals surface area (Å²) in [5.41, 5.74) is 8.11. The standard InChI is InChI=1S/C12H16N2O2/c1-16-12(15)9-4-5-11(10(13)8-9)14-6-2-3-7-14/h4-5,8H,2-3,6-7,13H2,1H3. The van der Waals surface area contributed by atoms with Crippen LogP contribution in [-0.4, -0.2) is 26.2 Å². The Balaban J connectivity index is 2.25. The monoisotopic (exact) mass is 220 g/mol. The van der Waals surface area contributed by atoms with Crippen LogP contribution in [-0.2, 0) is 4.74 Å². The van der Waals surface area contributed by atoms with E-state index in [1.165, 1.54) is 20.0 Å². The van der Waals surface area contributed by atoms with Crippen LogP contribution in [0.4, 0.5) is 11.4 Å². The van der Waals surface area contributed by atoms with E-state index in [1.54, 1.807) is 12.1 Å². The Morgan fingerprint density at radius 3 is 2.62 bits per heavy atom. The molecule has 1 aliphatic heterocycles. The molecule has 0 spiro atoms. The van der Waals surface area contributed by atoms with E-state index in [0.717, 1.165) is 18.8 Å². The van der Waals surface area contributed by atoms with Gasteiger partial charge >= 0.3 is 5.97 Å². The summed E-state index contributed by atoms with van der Waals surface area (Å²) in [5, 5.41) is 0. The number of carbonyl (C=O) groups is 1. The van der Waals surface area contributed by atoms with Gasteiger partial charge in [0.05, 0.1) is 24.0 Å². The number of nitrogen functional groups attached to an aromatic ring is 1.